The molecule has 4 nitrogen and oxygen atoms in total. The number of thioether (sulfide) groups is 1. The first kappa shape index (κ1) is 19.0. The second kappa shape index (κ2) is 9.23. The van der Waals surface area contributed by atoms with Crippen LogP contribution in [-0.2, 0) is 0 Å². The third kappa shape index (κ3) is 4.93. The molecule has 0 saturated carbocycles. The van der Waals surface area contributed by atoms with E-state index in [9.17, 15) is 3.89 Å². The summed E-state index contributed by atoms with van der Waals surface area (Å²) in [4.78, 5) is 13.8. The van der Waals surface area contributed by atoms with Crippen LogP contribution in [0.15, 0.2) is 51.8 Å². The van der Waals surface area contributed by atoms with Crippen molar-refractivity contribution in [2.75, 3.05) is 43.4 Å². The standard InChI is InChI=1S/C19H21FN4S3/c20-27-18-8-3-7-17(22-18)24-12-10-23(11-13-24)9-4-14-25-19-21-15-5-1-2-6-16(15)26-19/h1-3,5-8H,4,9-14H2. The Balaban J connectivity index is 1.19. The minimum atomic E-state index is 0.206. The van der Waals surface area contributed by atoms with Gasteiger partial charge in [0.2, 0.25) is 0 Å². The van der Waals surface area contributed by atoms with Crippen LogP contribution in [0.1, 0.15) is 6.42 Å². The highest BCUT2D eigenvalue weighted by Gasteiger charge is 2.18. The number of anilines is 1. The summed E-state index contributed by atoms with van der Waals surface area (Å²) in [6.45, 7) is 5.05. The fraction of sp³-hybridized carbons (Fsp3) is 0.368. The van der Waals surface area contributed by atoms with Crippen molar-refractivity contribution in [1.82, 2.24) is 14.9 Å². The van der Waals surface area contributed by atoms with Gasteiger partial charge in [-0.15, -0.1) is 11.3 Å². The van der Waals surface area contributed by atoms with E-state index in [-0.39, 0.29) is 12.1 Å². The highest BCUT2D eigenvalue weighted by atomic mass is 32.2. The van der Waals surface area contributed by atoms with Gasteiger partial charge in [-0.3, -0.25) is 4.90 Å². The maximum atomic E-state index is 12.7. The van der Waals surface area contributed by atoms with Crippen LogP contribution in [0.5, 0.6) is 0 Å². The zero-order valence-electron chi connectivity index (χ0n) is 14.9. The van der Waals surface area contributed by atoms with Crippen molar-refractivity contribution in [2.45, 2.75) is 15.8 Å². The molecule has 0 aliphatic carbocycles. The highest BCUT2D eigenvalue weighted by molar-refractivity contribution is 8.01. The summed E-state index contributed by atoms with van der Waals surface area (Å²) in [6.07, 6.45) is 1.16. The van der Waals surface area contributed by atoms with Crippen LogP contribution in [-0.4, -0.2) is 53.3 Å². The Bertz CT molecular complexity index is 847. The van der Waals surface area contributed by atoms with Gasteiger partial charge in [-0.2, -0.15) is 3.89 Å². The first-order chi connectivity index (χ1) is 13.3. The van der Waals surface area contributed by atoms with Crippen LogP contribution in [0.3, 0.4) is 0 Å². The Morgan fingerprint density at radius 2 is 1.85 bits per heavy atom. The number of nitrogens with zero attached hydrogens (tertiary/aromatic N) is 4. The minimum absolute atomic E-state index is 0.206. The van der Waals surface area contributed by atoms with E-state index >= 15 is 0 Å². The van der Waals surface area contributed by atoms with E-state index in [1.54, 1.807) is 17.4 Å². The predicted molar refractivity (Wildman–Crippen MR) is 115 cm³/mol. The van der Waals surface area contributed by atoms with E-state index in [4.69, 9.17) is 0 Å². The fourth-order valence-corrected chi connectivity index (χ4v) is 5.51. The average molecular weight is 421 g/mol. The van der Waals surface area contributed by atoms with Crippen LogP contribution in [0.4, 0.5) is 9.70 Å². The van der Waals surface area contributed by atoms with Crippen LogP contribution in [0.25, 0.3) is 10.2 Å². The van der Waals surface area contributed by atoms with Crippen LogP contribution < -0.4 is 4.90 Å². The number of rotatable bonds is 7. The summed E-state index contributed by atoms with van der Waals surface area (Å²) in [5.41, 5.74) is 1.10. The summed E-state index contributed by atoms with van der Waals surface area (Å²) in [6, 6.07) is 13.8. The van der Waals surface area contributed by atoms with Crippen molar-refractivity contribution in [3.63, 3.8) is 0 Å². The molecule has 3 aromatic rings. The van der Waals surface area contributed by atoms with Gasteiger partial charge in [-0.25, -0.2) is 9.97 Å². The fourth-order valence-electron chi connectivity index (χ4n) is 3.18. The molecule has 0 bridgehead atoms. The maximum Gasteiger partial charge on any atom is 0.151 e. The lowest BCUT2D eigenvalue weighted by atomic mass is 10.3. The highest BCUT2D eigenvalue weighted by Crippen LogP contribution is 2.29. The number of thiazole rings is 1. The van der Waals surface area contributed by atoms with Crippen LogP contribution >= 0.6 is 35.2 Å². The lowest BCUT2D eigenvalue weighted by molar-refractivity contribution is 0.258. The molecule has 0 spiro atoms. The van der Waals surface area contributed by atoms with Gasteiger partial charge in [0.25, 0.3) is 0 Å². The Morgan fingerprint density at radius 1 is 1.00 bits per heavy atom. The van der Waals surface area contributed by atoms with Gasteiger partial charge in [0.15, 0.2) is 4.34 Å². The maximum absolute atomic E-state index is 12.7. The van der Waals surface area contributed by atoms with Gasteiger partial charge in [-0.05, 0) is 37.2 Å². The lowest BCUT2D eigenvalue weighted by Crippen LogP contribution is -2.47. The monoisotopic (exact) mass is 420 g/mol. The lowest BCUT2D eigenvalue weighted by Gasteiger charge is -2.35. The van der Waals surface area contributed by atoms with Crippen molar-refractivity contribution < 1.29 is 3.89 Å². The van der Waals surface area contributed by atoms with Crippen molar-refractivity contribution in [3.8, 4) is 0 Å². The third-order valence-corrected chi connectivity index (χ3v) is 7.25. The molecule has 0 unspecified atom stereocenters. The van der Waals surface area contributed by atoms with E-state index < -0.39 is 0 Å². The second-order valence-corrected chi connectivity index (χ2v) is 9.33. The summed E-state index contributed by atoms with van der Waals surface area (Å²) in [5, 5.41) is 0.432. The largest absolute Gasteiger partial charge is 0.354 e. The Morgan fingerprint density at radius 3 is 2.67 bits per heavy atom. The summed E-state index contributed by atoms with van der Waals surface area (Å²) in [7, 11) is 0. The van der Waals surface area contributed by atoms with Crippen LogP contribution in [0, 0.1) is 0 Å². The average Bonchev–Trinajstić information content (AvgIpc) is 3.14. The number of aromatic nitrogens is 2. The Kier molecular flexibility index (Phi) is 6.49. The Hall–Kier alpha value is -1.35. The predicted octanol–water partition coefficient (Wildman–Crippen LogP) is 4.97. The van der Waals surface area contributed by atoms with Gasteiger partial charge in [0.1, 0.15) is 23.0 Å². The van der Waals surface area contributed by atoms with E-state index in [0.29, 0.717) is 5.03 Å². The number of benzene rings is 1. The number of pyridine rings is 1. The van der Waals surface area contributed by atoms with E-state index in [1.165, 1.54) is 4.70 Å². The molecule has 1 aliphatic heterocycles. The zero-order valence-corrected chi connectivity index (χ0v) is 17.3. The molecule has 3 heterocycles. The van der Waals surface area contributed by atoms with Crippen molar-refractivity contribution in [2.24, 2.45) is 0 Å². The number of hydrogen-bond acceptors (Lipinski definition) is 7. The zero-order chi connectivity index (χ0) is 18.5. The number of fused-ring (bicyclic) bond motifs is 1. The second-order valence-electron chi connectivity index (χ2n) is 6.39. The van der Waals surface area contributed by atoms with Gasteiger partial charge >= 0.3 is 0 Å². The normalized spacial score (nSPS) is 15.5. The molecular formula is C19H21FN4S3. The topological polar surface area (TPSA) is 32.3 Å². The molecule has 0 radical (unpaired) electrons. The molecule has 0 atom stereocenters. The number of piperazine rings is 1. The van der Waals surface area contributed by atoms with Crippen LogP contribution in [0.2, 0.25) is 0 Å². The molecule has 8 heteroatoms. The quantitative estimate of drug-likeness (QED) is 0.396. The Labute approximate surface area is 171 Å². The summed E-state index contributed by atoms with van der Waals surface area (Å²) >= 11 is 3.84. The molecule has 27 heavy (non-hydrogen) atoms. The number of hydrogen-bond donors (Lipinski definition) is 0. The van der Waals surface area contributed by atoms with Gasteiger partial charge in [0, 0.05) is 31.9 Å². The first-order valence-corrected chi connectivity index (χ1v) is 11.5. The van der Waals surface area contributed by atoms with Gasteiger partial charge < -0.3 is 4.90 Å². The van der Waals surface area contributed by atoms with Crippen molar-refractivity contribution in [1.29, 1.82) is 0 Å². The van der Waals surface area contributed by atoms with Gasteiger partial charge in [-0.1, -0.05) is 30.0 Å². The molecule has 0 N–H and O–H groups in total. The molecule has 2 aromatic heterocycles. The minimum Gasteiger partial charge on any atom is -0.354 e. The van der Waals surface area contributed by atoms with Crippen molar-refractivity contribution in [3.05, 3.63) is 42.5 Å². The molecular weight excluding hydrogens is 399 g/mol. The molecule has 1 aromatic carbocycles. The third-order valence-electron chi connectivity index (χ3n) is 4.60. The molecule has 142 valence electrons. The number of halogens is 1. The SMILES string of the molecule is FSc1cccc(N2CCN(CCCSc3nc4ccccc4s3)CC2)n1. The van der Waals surface area contributed by atoms with Gasteiger partial charge in [0.05, 0.1) is 10.2 Å². The van der Waals surface area contributed by atoms with E-state index in [1.807, 2.05) is 30.0 Å². The summed E-state index contributed by atoms with van der Waals surface area (Å²) in [5.74, 6) is 1.97. The molecule has 0 amide bonds. The molecule has 1 fully saturated rings. The molecule has 1 aliphatic rings. The van der Waals surface area contributed by atoms with Crippen molar-refractivity contribution >= 4 is 51.3 Å². The molecule has 4 rings (SSSR count). The smallest absolute Gasteiger partial charge is 0.151 e. The van der Waals surface area contributed by atoms with E-state index in [2.05, 4.69) is 38.0 Å². The first-order valence-electron chi connectivity index (χ1n) is 9.03. The number of para-hydroxylation sites is 1. The summed E-state index contributed by atoms with van der Waals surface area (Å²) < 4.78 is 15.1. The van der Waals surface area contributed by atoms with E-state index in [0.717, 1.165) is 60.6 Å². The molecule has 1 saturated heterocycles.